The monoisotopic (exact) mass is 602 g/mol. The summed E-state index contributed by atoms with van der Waals surface area (Å²) in [4.78, 5) is 22.9. The minimum Gasteiger partial charge on any atom is -0.493 e. The molecule has 2 aromatic carbocycles. The molecule has 0 bridgehead atoms. The molecular weight excluding hydrogens is 556 g/mol. The maximum Gasteiger partial charge on any atom is 0.251 e. The lowest BCUT2D eigenvalue weighted by atomic mass is 9.79. The Morgan fingerprint density at radius 3 is 2.80 bits per heavy atom. The van der Waals surface area contributed by atoms with Crippen molar-refractivity contribution in [1.29, 1.82) is 0 Å². The Labute approximate surface area is 260 Å². The minimum absolute atomic E-state index is 0.0241. The van der Waals surface area contributed by atoms with E-state index in [1.165, 1.54) is 0 Å². The number of nitrogens with zero attached hydrogens (tertiary/aromatic N) is 3. The van der Waals surface area contributed by atoms with E-state index in [2.05, 4.69) is 16.9 Å². The molecule has 2 fully saturated rings. The van der Waals surface area contributed by atoms with E-state index in [0.717, 1.165) is 59.5 Å². The third-order valence-electron chi connectivity index (χ3n) is 9.06. The highest BCUT2D eigenvalue weighted by molar-refractivity contribution is 6.00. The topological polar surface area (TPSA) is 100 Å². The first-order valence-corrected chi connectivity index (χ1v) is 15.7. The van der Waals surface area contributed by atoms with E-state index in [1.54, 1.807) is 13.3 Å². The number of carbonyl (C=O) groups excluding carboxylic acids is 1. The number of rotatable bonds is 11. The van der Waals surface area contributed by atoms with Gasteiger partial charge in [0.25, 0.3) is 5.91 Å². The summed E-state index contributed by atoms with van der Waals surface area (Å²) < 4.78 is 17.4. The van der Waals surface area contributed by atoms with Crippen molar-refractivity contribution in [3.05, 3.63) is 77.8 Å². The summed E-state index contributed by atoms with van der Waals surface area (Å²) in [5.74, 6) is 1.37. The van der Waals surface area contributed by atoms with Gasteiger partial charge in [0.05, 0.1) is 25.0 Å². The van der Waals surface area contributed by atoms with E-state index >= 15 is 0 Å². The van der Waals surface area contributed by atoms with Gasteiger partial charge in [-0.25, -0.2) is 4.98 Å². The summed E-state index contributed by atoms with van der Waals surface area (Å²) in [6.07, 6.45) is 5.75. The van der Waals surface area contributed by atoms with Gasteiger partial charge in [-0.05, 0) is 50.6 Å². The second-order valence-electron chi connectivity index (χ2n) is 12.0. The van der Waals surface area contributed by atoms with Gasteiger partial charge in [0.15, 0.2) is 11.5 Å². The van der Waals surface area contributed by atoms with Gasteiger partial charge in [-0.2, -0.15) is 0 Å². The number of ether oxygens (including phenoxy) is 2. The van der Waals surface area contributed by atoms with E-state index < -0.39 is 5.60 Å². The standard InChI is InChI=1S/C35H46N4O5/c1-6-38(31-14-10-11-18-35(31,41)23-42-5)33(27-12-8-7-9-13-27)25(3)34(40)39-20-19-36-22-28(39)17-21-43-29-15-16-30-32(24(29)2)37-26(4)44-30/h6-9,12-13,15-16,28,31,36,41H,1,10-11,14,17-23H2,2-5H3/b33-25+/t28-,31-,35-/m1/s1. The van der Waals surface area contributed by atoms with Crippen molar-refractivity contribution >= 4 is 22.7 Å². The van der Waals surface area contributed by atoms with E-state index in [0.29, 0.717) is 44.0 Å². The molecule has 9 heteroatoms. The highest BCUT2D eigenvalue weighted by Gasteiger charge is 2.43. The molecule has 9 nitrogen and oxygen atoms in total. The predicted octanol–water partition coefficient (Wildman–Crippen LogP) is 5.21. The zero-order chi connectivity index (χ0) is 31.3. The van der Waals surface area contributed by atoms with Crippen molar-refractivity contribution in [2.75, 3.05) is 40.0 Å². The van der Waals surface area contributed by atoms with Crippen LogP contribution in [0.1, 0.15) is 56.0 Å². The molecule has 236 valence electrons. The van der Waals surface area contributed by atoms with Crippen molar-refractivity contribution in [3.63, 3.8) is 0 Å². The van der Waals surface area contributed by atoms with Gasteiger partial charge in [0.1, 0.15) is 16.9 Å². The van der Waals surface area contributed by atoms with Crippen LogP contribution < -0.4 is 10.1 Å². The number of aromatic nitrogens is 1. The molecule has 1 saturated heterocycles. The zero-order valence-electron chi connectivity index (χ0n) is 26.5. The maximum atomic E-state index is 14.4. The van der Waals surface area contributed by atoms with E-state index in [9.17, 15) is 9.90 Å². The van der Waals surface area contributed by atoms with Crippen LogP contribution in [-0.4, -0.2) is 83.4 Å². The Morgan fingerprint density at radius 1 is 1.25 bits per heavy atom. The van der Waals surface area contributed by atoms with E-state index in [4.69, 9.17) is 13.9 Å². The van der Waals surface area contributed by atoms with Gasteiger partial charge in [-0.15, -0.1) is 0 Å². The van der Waals surface area contributed by atoms with Crippen LogP contribution in [0.15, 0.2) is 65.2 Å². The smallest absolute Gasteiger partial charge is 0.251 e. The number of piperazine rings is 1. The Balaban J connectivity index is 1.40. The highest BCUT2D eigenvalue weighted by Crippen LogP contribution is 2.38. The van der Waals surface area contributed by atoms with Crippen molar-refractivity contribution in [3.8, 4) is 5.75 Å². The number of nitrogens with one attached hydrogen (secondary N) is 1. The molecule has 0 unspecified atom stereocenters. The number of hydrogen-bond donors (Lipinski definition) is 2. The first-order chi connectivity index (χ1) is 21.3. The normalized spacial score (nSPS) is 22.9. The molecule has 0 spiro atoms. The quantitative estimate of drug-likeness (QED) is 0.289. The van der Waals surface area contributed by atoms with Gasteiger partial charge in [0.2, 0.25) is 0 Å². The van der Waals surface area contributed by atoms with Crippen molar-refractivity contribution < 1.29 is 23.8 Å². The first-order valence-electron chi connectivity index (χ1n) is 15.7. The van der Waals surface area contributed by atoms with Gasteiger partial charge in [-0.3, -0.25) is 4.79 Å². The number of fused-ring (bicyclic) bond motifs is 1. The van der Waals surface area contributed by atoms with Gasteiger partial charge in [-0.1, -0.05) is 49.8 Å². The summed E-state index contributed by atoms with van der Waals surface area (Å²) in [6.45, 7) is 12.6. The van der Waals surface area contributed by atoms with Crippen LogP contribution in [0, 0.1) is 13.8 Å². The fourth-order valence-electron chi connectivity index (χ4n) is 6.83. The SMILES string of the molecule is C=CN(/C(=C(\C)C(=O)N1CCNC[C@H]1CCOc1ccc2oc(C)nc2c1C)c1ccccc1)[C@@H]1CCCC[C@@]1(O)COC. The molecule has 1 aliphatic carbocycles. The van der Waals surface area contributed by atoms with Crippen LogP contribution in [-0.2, 0) is 9.53 Å². The predicted molar refractivity (Wildman–Crippen MR) is 172 cm³/mol. The highest BCUT2D eigenvalue weighted by atomic mass is 16.5. The van der Waals surface area contributed by atoms with Crippen LogP contribution in [0.5, 0.6) is 5.75 Å². The minimum atomic E-state index is -1.05. The molecule has 0 radical (unpaired) electrons. The third-order valence-corrected chi connectivity index (χ3v) is 9.06. The van der Waals surface area contributed by atoms with Crippen molar-refractivity contribution in [2.24, 2.45) is 0 Å². The summed E-state index contributed by atoms with van der Waals surface area (Å²) in [5, 5.41) is 15.2. The van der Waals surface area contributed by atoms with Crippen molar-refractivity contribution in [1.82, 2.24) is 20.1 Å². The van der Waals surface area contributed by atoms with E-state index in [1.807, 2.05) is 73.0 Å². The third kappa shape index (κ3) is 6.55. The van der Waals surface area contributed by atoms with Gasteiger partial charge in [0, 0.05) is 57.3 Å². The van der Waals surface area contributed by atoms with Crippen LogP contribution in [0.4, 0.5) is 0 Å². The number of oxazole rings is 1. The first kappa shape index (κ1) is 31.8. The molecule has 3 aromatic rings. The van der Waals surface area contributed by atoms with Crippen molar-refractivity contribution in [2.45, 2.75) is 70.6 Å². The summed E-state index contributed by atoms with van der Waals surface area (Å²) in [7, 11) is 1.62. The number of hydrogen-bond acceptors (Lipinski definition) is 8. The van der Waals surface area contributed by atoms with Crippen LogP contribution in [0.2, 0.25) is 0 Å². The lowest BCUT2D eigenvalue weighted by Crippen LogP contribution is -2.56. The lowest BCUT2D eigenvalue weighted by molar-refractivity contribution is -0.130. The second kappa shape index (κ2) is 14.0. The molecule has 1 aliphatic heterocycles. The number of benzene rings is 2. The Hall–Kier alpha value is -3.66. The molecule has 1 saturated carbocycles. The maximum absolute atomic E-state index is 14.4. The molecule has 2 aliphatic rings. The number of carbonyl (C=O) groups is 1. The number of aryl methyl sites for hydroxylation is 2. The summed E-state index contributed by atoms with van der Waals surface area (Å²) in [6, 6.07) is 13.4. The van der Waals surface area contributed by atoms with Gasteiger partial charge >= 0.3 is 0 Å². The summed E-state index contributed by atoms with van der Waals surface area (Å²) in [5.41, 5.74) is 3.76. The summed E-state index contributed by atoms with van der Waals surface area (Å²) >= 11 is 0. The molecular formula is C35H46N4O5. The zero-order valence-corrected chi connectivity index (χ0v) is 26.5. The lowest BCUT2D eigenvalue weighted by Gasteiger charge is -2.46. The van der Waals surface area contributed by atoms with Crippen LogP contribution >= 0.6 is 0 Å². The average molecular weight is 603 g/mol. The number of aliphatic hydroxyl groups is 1. The Morgan fingerprint density at radius 2 is 2.05 bits per heavy atom. The average Bonchev–Trinajstić information content (AvgIpc) is 3.42. The molecule has 5 rings (SSSR count). The van der Waals surface area contributed by atoms with E-state index in [-0.39, 0.29) is 24.6 Å². The number of methoxy groups -OCH3 is 1. The second-order valence-corrected chi connectivity index (χ2v) is 12.0. The molecule has 1 amide bonds. The fourth-order valence-corrected chi connectivity index (χ4v) is 6.83. The number of amides is 1. The largest absolute Gasteiger partial charge is 0.493 e. The molecule has 2 N–H and O–H groups in total. The Bertz CT molecular complexity index is 1480. The van der Waals surface area contributed by atoms with Crippen LogP contribution in [0.25, 0.3) is 16.8 Å². The molecule has 1 aromatic heterocycles. The van der Waals surface area contributed by atoms with Gasteiger partial charge < -0.3 is 34.1 Å². The fraction of sp³-hybridized carbons (Fsp3) is 0.486. The molecule has 44 heavy (non-hydrogen) atoms. The van der Waals surface area contributed by atoms with Crippen LogP contribution in [0.3, 0.4) is 0 Å². The molecule has 3 atom stereocenters. The Kier molecular flexibility index (Phi) is 10.1. The molecule has 2 heterocycles.